The standard InChI is InChI=1S/C18H21F6N3O2/c1-27-14(25-15(28)29-8-9-2-16(19,20)3-9)12(10-4-17(21,22)5-10)13(26-27)11-6-18(23,24)7-11/h9-11H,2-8H2,1H3,(H,25,28). The minimum Gasteiger partial charge on any atom is -0.449 e. The number of nitrogens with one attached hydrogen (secondary N) is 1. The number of rotatable bonds is 5. The van der Waals surface area contributed by atoms with Crippen LogP contribution in [0.2, 0.25) is 0 Å². The third-order valence-electron chi connectivity index (χ3n) is 5.93. The lowest BCUT2D eigenvalue weighted by Gasteiger charge is -2.38. The Morgan fingerprint density at radius 3 is 2.03 bits per heavy atom. The van der Waals surface area contributed by atoms with E-state index in [0.717, 1.165) is 0 Å². The second-order valence-electron chi connectivity index (χ2n) is 8.55. The van der Waals surface area contributed by atoms with E-state index in [-0.39, 0.29) is 25.3 Å². The van der Waals surface area contributed by atoms with Crippen molar-refractivity contribution < 1.29 is 35.9 Å². The molecule has 1 N–H and O–H groups in total. The van der Waals surface area contributed by atoms with Gasteiger partial charge in [0.05, 0.1) is 12.3 Å². The predicted molar refractivity (Wildman–Crippen MR) is 89.7 cm³/mol. The van der Waals surface area contributed by atoms with Crippen molar-refractivity contribution in [2.45, 2.75) is 68.1 Å². The van der Waals surface area contributed by atoms with Gasteiger partial charge in [0.2, 0.25) is 17.8 Å². The van der Waals surface area contributed by atoms with E-state index in [1.807, 2.05) is 0 Å². The van der Waals surface area contributed by atoms with Gasteiger partial charge in [-0.25, -0.2) is 31.1 Å². The summed E-state index contributed by atoms with van der Waals surface area (Å²) in [5.41, 5.74) is 0.638. The number of alkyl halides is 6. The molecule has 3 saturated carbocycles. The monoisotopic (exact) mass is 425 g/mol. The molecule has 11 heteroatoms. The highest BCUT2D eigenvalue weighted by Gasteiger charge is 2.52. The summed E-state index contributed by atoms with van der Waals surface area (Å²) < 4.78 is 85.4. The van der Waals surface area contributed by atoms with Crippen molar-refractivity contribution in [1.29, 1.82) is 0 Å². The smallest absolute Gasteiger partial charge is 0.412 e. The molecule has 3 aliphatic carbocycles. The number of aromatic nitrogens is 2. The van der Waals surface area contributed by atoms with E-state index in [0.29, 0.717) is 11.3 Å². The zero-order chi connectivity index (χ0) is 21.2. The van der Waals surface area contributed by atoms with Crippen molar-refractivity contribution in [3.8, 4) is 0 Å². The number of amides is 1. The number of hydrogen-bond acceptors (Lipinski definition) is 3. The quantitative estimate of drug-likeness (QED) is 0.673. The van der Waals surface area contributed by atoms with E-state index in [1.54, 1.807) is 0 Å². The second-order valence-corrected chi connectivity index (χ2v) is 8.55. The molecule has 1 aromatic heterocycles. The van der Waals surface area contributed by atoms with Crippen LogP contribution < -0.4 is 5.32 Å². The van der Waals surface area contributed by atoms with Gasteiger partial charge >= 0.3 is 6.09 Å². The van der Waals surface area contributed by atoms with Gasteiger partial charge < -0.3 is 4.74 Å². The van der Waals surface area contributed by atoms with Crippen molar-refractivity contribution in [3.63, 3.8) is 0 Å². The van der Waals surface area contributed by atoms with Crippen LogP contribution in [0.3, 0.4) is 0 Å². The molecule has 1 amide bonds. The van der Waals surface area contributed by atoms with Gasteiger partial charge in [0.25, 0.3) is 0 Å². The zero-order valence-electron chi connectivity index (χ0n) is 15.7. The topological polar surface area (TPSA) is 56.2 Å². The zero-order valence-corrected chi connectivity index (χ0v) is 15.7. The number of halogens is 6. The van der Waals surface area contributed by atoms with Crippen molar-refractivity contribution in [3.05, 3.63) is 11.3 Å². The van der Waals surface area contributed by atoms with E-state index in [1.165, 1.54) is 11.7 Å². The molecule has 5 nitrogen and oxygen atoms in total. The van der Waals surface area contributed by atoms with Crippen LogP contribution in [0.15, 0.2) is 0 Å². The first-order valence-electron chi connectivity index (χ1n) is 9.48. The van der Waals surface area contributed by atoms with Gasteiger partial charge in [0.15, 0.2) is 0 Å². The number of carbonyl (C=O) groups excluding carboxylic acids is 1. The molecule has 0 unspecified atom stereocenters. The molecule has 0 bridgehead atoms. The summed E-state index contributed by atoms with van der Waals surface area (Å²) in [6.45, 7) is -0.183. The highest BCUT2D eigenvalue weighted by atomic mass is 19.3. The van der Waals surface area contributed by atoms with Crippen LogP contribution in [0.5, 0.6) is 0 Å². The molecular weight excluding hydrogens is 404 g/mol. The van der Waals surface area contributed by atoms with E-state index >= 15 is 0 Å². The van der Waals surface area contributed by atoms with Crippen LogP contribution in [-0.4, -0.2) is 40.2 Å². The van der Waals surface area contributed by atoms with Crippen LogP contribution >= 0.6 is 0 Å². The minimum atomic E-state index is -2.84. The number of anilines is 1. The number of carbonyl (C=O) groups is 1. The van der Waals surface area contributed by atoms with Crippen molar-refractivity contribution in [2.75, 3.05) is 11.9 Å². The summed E-state index contributed by atoms with van der Waals surface area (Å²) in [5.74, 6) is -9.85. The average molecular weight is 425 g/mol. The minimum absolute atomic E-state index is 0.125. The fourth-order valence-corrected chi connectivity index (χ4v) is 4.36. The molecule has 3 fully saturated rings. The van der Waals surface area contributed by atoms with Gasteiger partial charge in [0, 0.05) is 68.9 Å². The maximum absolute atomic E-state index is 13.4. The molecule has 162 valence electrons. The van der Waals surface area contributed by atoms with E-state index in [9.17, 15) is 31.1 Å². The lowest BCUT2D eigenvalue weighted by atomic mass is 9.71. The summed E-state index contributed by atoms with van der Waals surface area (Å²) in [6, 6.07) is 0. The molecule has 4 rings (SSSR count). The SMILES string of the molecule is Cn1nc(C2CC(F)(F)C2)c(C2CC(F)(F)C2)c1NC(=O)OCC1CC(F)(F)C1. The highest BCUT2D eigenvalue weighted by Crippen LogP contribution is 2.55. The van der Waals surface area contributed by atoms with Gasteiger partial charge in [-0.15, -0.1) is 0 Å². The Morgan fingerprint density at radius 1 is 1.00 bits per heavy atom. The first-order chi connectivity index (χ1) is 13.3. The maximum atomic E-state index is 13.4. The van der Waals surface area contributed by atoms with Crippen LogP contribution in [0, 0.1) is 5.92 Å². The molecule has 1 heterocycles. The van der Waals surface area contributed by atoms with E-state index < -0.39 is 67.3 Å². The van der Waals surface area contributed by atoms with Gasteiger partial charge in [-0.2, -0.15) is 5.10 Å². The first-order valence-corrected chi connectivity index (χ1v) is 9.48. The number of nitrogens with zero attached hydrogens (tertiary/aromatic N) is 2. The Labute approximate surface area is 162 Å². The maximum Gasteiger partial charge on any atom is 0.412 e. The summed E-state index contributed by atoms with van der Waals surface area (Å²) in [4.78, 5) is 12.1. The fourth-order valence-electron chi connectivity index (χ4n) is 4.36. The average Bonchev–Trinajstić information content (AvgIpc) is 2.82. The van der Waals surface area contributed by atoms with E-state index in [2.05, 4.69) is 10.4 Å². The summed E-state index contributed by atoms with van der Waals surface area (Å²) in [7, 11) is 1.47. The Bertz CT molecular complexity index is 801. The van der Waals surface area contributed by atoms with Crippen LogP contribution in [0.4, 0.5) is 37.0 Å². The third kappa shape index (κ3) is 4.05. The first kappa shape index (κ1) is 20.3. The van der Waals surface area contributed by atoms with Gasteiger partial charge in [-0.3, -0.25) is 10.00 Å². The van der Waals surface area contributed by atoms with Gasteiger partial charge in [0.1, 0.15) is 5.82 Å². The molecule has 0 aromatic carbocycles. The normalized spacial score (nSPS) is 25.6. The predicted octanol–water partition coefficient (Wildman–Crippen LogP) is 5.04. The van der Waals surface area contributed by atoms with Gasteiger partial charge in [-0.05, 0) is 0 Å². The lowest BCUT2D eigenvalue weighted by Crippen LogP contribution is -2.39. The van der Waals surface area contributed by atoms with Crippen LogP contribution in [0.25, 0.3) is 0 Å². The Balaban J connectivity index is 1.47. The largest absolute Gasteiger partial charge is 0.449 e. The Kier molecular flexibility index (Phi) is 4.58. The summed E-state index contributed by atoms with van der Waals surface area (Å²) in [5, 5.41) is 6.66. The summed E-state index contributed by atoms with van der Waals surface area (Å²) in [6.07, 6.45) is -3.35. The molecule has 0 atom stereocenters. The number of ether oxygens (including phenoxy) is 1. The van der Waals surface area contributed by atoms with Crippen molar-refractivity contribution in [1.82, 2.24) is 9.78 Å². The number of aryl methyl sites for hydroxylation is 1. The van der Waals surface area contributed by atoms with Crippen LogP contribution in [-0.2, 0) is 11.8 Å². The van der Waals surface area contributed by atoms with Crippen molar-refractivity contribution >= 4 is 11.9 Å². The van der Waals surface area contributed by atoms with Gasteiger partial charge in [-0.1, -0.05) is 0 Å². The second kappa shape index (κ2) is 6.53. The molecule has 1 aromatic rings. The molecule has 0 spiro atoms. The van der Waals surface area contributed by atoms with E-state index in [4.69, 9.17) is 4.74 Å². The summed E-state index contributed by atoms with van der Waals surface area (Å²) >= 11 is 0. The molecular formula is C18H21F6N3O2. The number of hydrogen-bond donors (Lipinski definition) is 1. The Hall–Kier alpha value is -1.94. The van der Waals surface area contributed by atoms with Crippen LogP contribution in [0.1, 0.15) is 61.6 Å². The fraction of sp³-hybridized carbons (Fsp3) is 0.778. The molecule has 0 aliphatic heterocycles. The highest BCUT2D eigenvalue weighted by molar-refractivity contribution is 5.85. The third-order valence-corrected chi connectivity index (χ3v) is 5.93. The molecule has 0 saturated heterocycles. The molecule has 3 aliphatic rings. The molecule has 0 radical (unpaired) electrons. The lowest BCUT2D eigenvalue weighted by molar-refractivity contribution is -0.121. The van der Waals surface area contributed by atoms with Crippen molar-refractivity contribution in [2.24, 2.45) is 13.0 Å². The molecule has 29 heavy (non-hydrogen) atoms. The Morgan fingerprint density at radius 2 is 1.52 bits per heavy atom.